The summed E-state index contributed by atoms with van der Waals surface area (Å²) in [4.78, 5) is 13.5. The molecule has 1 saturated carbocycles. The molecule has 0 bridgehead atoms. The highest BCUT2D eigenvalue weighted by molar-refractivity contribution is 7.89. The van der Waals surface area contributed by atoms with Crippen LogP contribution in [0, 0.1) is 5.92 Å². The number of ketones is 1. The lowest BCUT2D eigenvalue weighted by Crippen LogP contribution is -2.56. The monoisotopic (exact) mass is 572 g/mol. The first-order valence-corrected chi connectivity index (χ1v) is 14.5. The number of carbonyl (C=O) groups excluding carboxylic acids is 1. The Bertz CT molecular complexity index is 1470. The van der Waals surface area contributed by atoms with Crippen LogP contribution in [0.2, 0.25) is 0 Å². The maximum atomic E-state index is 14.3. The number of sulfonamides is 1. The molecule has 0 saturated heterocycles. The van der Waals surface area contributed by atoms with Crippen molar-refractivity contribution in [2.45, 2.75) is 62.3 Å². The number of ether oxygens (including phenoxy) is 2. The number of nitrogens with zero attached hydrogens (tertiary/aromatic N) is 1. The van der Waals surface area contributed by atoms with Crippen molar-refractivity contribution >= 4 is 27.2 Å². The topological polar surface area (TPSA) is 105 Å². The van der Waals surface area contributed by atoms with Gasteiger partial charge in [-0.15, -0.1) is 0 Å². The number of Topliss-reactive ketones (excluding diaryl/α,β-unsaturated/α-hetero) is 1. The molecule has 8 nitrogen and oxygen atoms in total. The van der Waals surface area contributed by atoms with Crippen molar-refractivity contribution in [3.8, 4) is 17.2 Å². The van der Waals surface area contributed by atoms with E-state index in [-0.39, 0.29) is 4.90 Å². The van der Waals surface area contributed by atoms with E-state index in [1.165, 1.54) is 26.0 Å². The summed E-state index contributed by atoms with van der Waals surface area (Å²) in [5.41, 5.74) is 1.52. The molecule has 2 N–H and O–H groups in total. The van der Waals surface area contributed by atoms with Crippen LogP contribution in [0.3, 0.4) is 0 Å². The Labute approximate surface area is 231 Å². The number of carbonyl (C=O) groups is 1. The summed E-state index contributed by atoms with van der Waals surface area (Å²) < 4.78 is 68.4. The van der Waals surface area contributed by atoms with Gasteiger partial charge in [-0.05, 0) is 55.7 Å². The zero-order valence-electron chi connectivity index (χ0n) is 22.0. The van der Waals surface area contributed by atoms with Gasteiger partial charge < -0.3 is 19.5 Å². The highest BCUT2D eigenvalue weighted by Gasteiger charge is 2.44. The van der Waals surface area contributed by atoms with Crippen LogP contribution in [0.1, 0.15) is 33.1 Å². The molecule has 3 aromatic rings. The highest BCUT2D eigenvalue weighted by atomic mass is 32.2. The van der Waals surface area contributed by atoms with E-state index in [0.29, 0.717) is 30.8 Å². The average Bonchev–Trinajstić information content (AvgIpc) is 2.92. The van der Waals surface area contributed by atoms with Gasteiger partial charge >= 0.3 is 6.11 Å². The Morgan fingerprint density at radius 1 is 1.02 bits per heavy atom. The van der Waals surface area contributed by atoms with Gasteiger partial charge in [0.1, 0.15) is 5.75 Å². The van der Waals surface area contributed by atoms with Crippen molar-refractivity contribution in [3.63, 3.8) is 0 Å². The minimum atomic E-state index is -4.25. The molecule has 1 heterocycles. The Hall–Kier alpha value is -3.54. The summed E-state index contributed by atoms with van der Waals surface area (Å²) in [6.07, 6.45) is -3.60. The fourth-order valence-electron chi connectivity index (χ4n) is 5.16. The predicted octanol–water partition coefficient (Wildman–Crippen LogP) is 5.39. The molecule has 40 heavy (non-hydrogen) atoms. The first-order chi connectivity index (χ1) is 19.0. The van der Waals surface area contributed by atoms with Crippen LogP contribution < -0.4 is 19.1 Å². The molecular formula is C29H30F2N2O6S. The van der Waals surface area contributed by atoms with Crippen molar-refractivity contribution in [2.24, 2.45) is 5.92 Å². The van der Waals surface area contributed by atoms with Gasteiger partial charge in [0.05, 0.1) is 34.5 Å². The Kier molecular flexibility index (Phi) is 7.56. The number of benzene rings is 3. The normalized spacial score (nSPS) is 20.9. The number of aliphatic hydroxyl groups excluding tert-OH is 1. The molecule has 212 valence electrons. The minimum absolute atomic E-state index is 0.325. The molecule has 1 fully saturated rings. The average molecular weight is 573 g/mol. The summed E-state index contributed by atoms with van der Waals surface area (Å²) in [7, 11) is -4.25. The van der Waals surface area contributed by atoms with Crippen molar-refractivity contribution in [3.05, 3.63) is 72.8 Å². The fourth-order valence-corrected chi connectivity index (χ4v) is 6.49. The van der Waals surface area contributed by atoms with Crippen LogP contribution in [0.25, 0.3) is 0 Å². The lowest BCUT2D eigenvalue weighted by Gasteiger charge is -2.44. The minimum Gasteiger partial charge on any atom is -0.453 e. The standard InChI is InChI=1S/C29H30F2N2O6S/c1-18(2)28(35)29(30,31)39-19-9-7-10-20(17-19)40(36,37)32-21-11-8-14-24(27(21)34)33-22-12-3-5-15-25(22)38-26-16-6-4-13-23(26)33/h3-7,9-10,12-13,15-18,21,24,27,32,34H,8,11,14H2,1-2H3/t21-,24+,27+/m1/s1. The van der Waals surface area contributed by atoms with Crippen molar-refractivity contribution < 1.29 is 36.6 Å². The number of para-hydroxylation sites is 4. The van der Waals surface area contributed by atoms with E-state index in [1.54, 1.807) is 0 Å². The van der Waals surface area contributed by atoms with E-state index in [1.807, 2.05) is 53.4 Å². The number of alkyl halides is 2. The van der Waals surface area contributed by atoms with Gasteiger partial charge in [-0.25, -0.2) is 13.1 Å². The molecule has 11 heteroatoms. The zero-order chi connectivity index (χ0) is 28.7. The highest BCUT2D eigenvalue weighted by Crippen LogP contribution is 2.49. The molecule has 5 rings (SSSR count). The number of nitrogens with one attached hydrogen (secondary N) is 1. The number of fused-ring (bicyclic) bond motifs is 2. The Balaban J connectivity index is 1.38. The van der Waals surface area contributed by atoms with Crippen molar-refractivity contribution in [2.75, 3.05) is 4.90 Å². The van der Waals surface area contributed by atoms with Crippen LogP contribution in [-0.2, 0) is 14.8 Å². The number of rotatable bonds is 8. The third kappa shape index (κ3) is 5.41. The molecule has 0 unspecified atom stereocenters. The first kappa shape index (κ1) is 28.0. The second-order valence-corrected chi connectivity index (χ2v) is 12.0. The van der Waals surface area contributed by atoms with Crippen LogP contribution in [0.15, 0.2) is 77.7 Å². The molecule has 0 spiro atoms. The molecule has 3 aromatic carbocycles. The molecule has 1 aliphatic heterocycles. The molecule has 1 aliphatic carbocycles. The van der Waals surface area contributed by atoms with Gasteiger partial charge in [0.25, 0.3) is 0 Å². The summed E-state index contributed by atoms with van der Waals surface area (Å²) in [5.74, 6) is -1.61. The molecule has 0 aromatic heterocycles. The molecule has 0 amide bonds. The largest absolute Gasteiger partial charge is 0.461 e. The first-order valence-electron chi connectivity index (χ1n) is 13.0. The number of aliphatic hydroxyl groups is 1. The summed E-state index contributed by atoms with van der Waals surface area (Å²) in [6, 6.07) is 18.1. The number of hydrogen-bond donors (Lipinski definition) is 2. The molecule has 3 atom stereocenters. The van der Waals surface area contributed by atoms with E-state index in [2.05, 4.69) is 9.46 Å². The quantitative estimate of drug-likeness (QED) is 0.373. The van der Waals surface area contributed by atoms with Gasteiger partial charge in [0, 0.05) is 12.0 Å². The summed E-state index contributed by atoms with van der Waals surface area (Å²) in [5, 5.41) is 11.5. The van der Waals surface area contributed by atoms with Crippen LogP contribution in [-0.4, -0.2) is 43.6 Å². The third-order valence-corrected chi connectivity index (χ3v) is 8.59. The van der Waals surface area contributed by atoms with E-state index >= 15 is 0 Å². The van der Waals surface area contributed by atoms with E-state index in [0.717, 1.165) is 23.5 Å². The number of anilines is 2. The van der Waals surface area contributed by atoms with Gasteiger partial charge in [0.2, 0.25) is 15.8 Å². The molecule has 2 aliphatic rings. The number of halogens is 2. The zero-order valence-corrected chi connectivity index (χ0v) is 22.8. The second-order valence-electron chi connectivity index (χ2n) is 10.2. The van der Waals surface area contributed by atoms with Gasteiger partial charge in [-0.3, -0.25) is 4.79 Å². The molecular weight excluding hydrogens is 542 g/mol. The maximum absolute atomic E-state index is 14.3. The number of hydrogen-bond acceptors (Lipinski definition) is 7. The summed E-state index contributed by atoms with van der Waals surface area (Å²) in [6.45, 7) is 2.64. The third-order valence-electron chi connectivity index (χ3n) is 7.10. The predicted molar refractivity (Wildman–Crippen MR) is 145 cm³/mol. The smallest absolute Gasteiger partial charge is 0.453 e. The summed E-state index contributed by atoms with van der Waals surface area (Å²) >= 11 is 0. The lowest BCUT2D eigenvalue weighted by atomic mass is 9.86. The van der Waals surface area contributed by atoms with Crippen molar-refractivity contribution in [1.82, 2.24) is 4.72 Å². The van der Waals surface area contributed by atoms with E-state index in [9.17, 15) is 27.1 Å². The maximum Gasteiger partial charge on any atom is 0.461 e. The SMILES string of the molecule is CC(C)C(=O)C(F)(F)Oc1cccc(S(=O)(=O)N[C@@H]2CCC[C@H](N3c4ccccc4Oc4ccccc43)[C@H]2O)c1. The van der Waals surface area contributed by atoms with E-state index in [4.69, 9.17) is 4.74 Å². The Morgan fingerprint density at radius 2 is 1.65 bits per heavy atom. The second kappa shape index (κ2) is 10.8. The van der Waals surface area contributed by atoms with Gasteiger partial charge in [0.15, 0.2) is 11.5 Å². The van der Waals surface area contributed by atoms with Crippen molar-refractivity contribution in [1.29, 1.82) is 0 Å². The van der Waals surface area contributed by atoms with E-state index < -0.39 is 51.8 Å². The fraction of sp³-hybridized carbons (Fsp3) is 0.345. The lowest BCUT2D eigenvalue weighted by molar-refractivity contribution is -0.193. The Morgan fingerprint density at radius 3 is 2.27 bits per heavy atom. The van der Waals surface area contributed by atoms with Crippen LogP contribution in [0.4, 0.5) is 20.2 Å². The van der Waals surface area contributed by atoms with Gasteiger partial charge in [-0.1, -0.05) is 44.2 Å². The van der Waals surface area contributed by atoms with Crippen LogP contribution >= 0.6 is 0 Å². The van der Waals surface area contributed by atoms with Crippen LogP contribution in [0.5, 0.6) is 17.2 Å². The molecule has 0 radical (unpaired) electrons. The van der Waals surface area contributed by atoms with Gasteiger partial charge in [-0.2, -0.15) is 8.78 Å².